The van der Waals surface area contributed by atoms with Crippen molar-refractivity contribution in [3.63, 3.8) is 0 Å². The van der Waals surface area contributed by atoms with Crippen molar-refractivity contribution < 1.29 is 9.90 Å². The second-order valence-corrected chi connectivity index (χ2v) is 6.88. The third-order valence-corrected chi connectivity index (χ3v) is 5.27. The van der Waals surface area contributed by atoms with Gasteiger partial charge < -0.3 is 10.0 Å². The number of rotatable bonds is 3. The number of carbonyl (C=O) groups excluding carboxylic acids is 1. The van der Waals surface area contributed by atoms with E-state index in [1.54, 1.807) is 0 Å². The van der Waals surface area contributed by atoms with Crippen molar-refractivity contribution in [1.82, 2.24) is 4.90 Å². The van der Waals surface area contributed by atoms with Gasteiger partial charge in [-0.3, -0.25) is 4.79 Å². The fourth-order valence-electron chi connectivity index (χ4n) is 3.96. The van der Waals surface area contributed by atoms with Crippen LogP contribution in [0.4, 0.5) is 0 Å². The molecule has 0 aromatic heterocycles. The van der Waals surface area contributed by atoms with Crippen LogP contribution in [0.3, 0.4) is 0 Å². The molecule has 0 spiro atoms. The van der Waals surface area contributed by atoms with Gasteiger partial charge in [-0.15, -0.1) is 0 Å². The average Bonchev–Trinajstić information content (AvgIpc) is 2.86. The standard InChI is InChI=1S/C19H27NO2.2CH4/c21-18-9-5-4-8-17(10-11-18)20-13-12-16(19(20)22)14-15-6-2-1-3-7-15;;/h1-3,6-7,16-18,21H,4-5,8-14H2;2*1H4. The SMILES string of the molecule is C.C.O=C1C(Cc2ccccc2)CCN1C1CCCCC(O)CC1. The zero-order valence-electron chi connectivity index (χ0n) is 13.3. The highest BCUT2D eigenvalue weighted by Crippen LogP contribution is 2.29. The molecule has 1 heterocycles. The molecule has 1 aromatic rings. The molecule has 3 nitrogen and oxygen atoms in total. The minimum absolute atomic E-state index is 0. The Balaban J connectivity index is 0.00000144. The van der Waals surface area contributed by atoms with Crippen LogP contribution in [0.1, 0.15) is 65.4 Å². The van der Waals surface area contributed by atoms with Gasteiger partial charge in [-0.1, -0.05) is 58.0 Å². The second-order valence-electron chi connectivity index (χ2n) is 6.88. The van der Waals surface area contributed by atoms with Crippen molar-refractivity contribution in [1.29, 1.82) is 0 Å². The minimum Gasteiger partial charge on any atom is -0.393 e. The summed E-state index contributed by atoms with van der Waals surface area (Å²) in [5, 5.41) is 9.88. The molecule has 1 aromatic carbocycles. The molecule has 3 rings (SSSR count). The van der Waals surface area contributed by atoms with E-state index in [1.165, 1.54) is 5.56 Å². The maximum absolute atomic E-state index is 12.8. The van der Waals surface area contributed by atoms with E-state index in [0.717, 1.165) is 57.9 Å². The van der Waals surface area contributed by atoms with E-state index in [1.807, 2.05) is 18.2 Å². The molecule has 1 saturated heterocycles. The molecule has 136 valence electrons. The van der Waals surface area contributed by atoms with Crippen molar-refractivity contribution in [2.24, 2.45) is 5.92 Å². The van der Waals surface area contributed by atoms with Gasteiger partial charge in [0.15, 0.2) is 0 Å². The van der Waals surface area contributed by atoms with Crippen molar-refractivity contribution in [2.45, 2.75) is 78.4 Å². The van der Waals surface area contributed by atoms with E-state index in [0.29, 0.717) is 11.9 Å². The lowest BCUT2D eigenvalue weighted by Gasteiger charge is -2.31. The summed E-state index contributed by atoms with van der Waals surface area (Å²) in [5.74, 6) is 0.488. The Hall–Kier alpha value is -1.35. The molecule has 3 atom stereocenters. The summed E-state index contributed by atoms with van der Waals surface area (Å²) in [6.45, 7) is 0.900. The topological polar surface area (TPSA) is 40.5 Å². The van der Waals surface area contributed by atoms with Gasteiger partial charge in [-0.05, 0) is 44.1 Å². The van der Waals surface area contributed by atoms with Crippen molar-refractivity contribution in [2.75, 3.05) is 6.54 Å². The number of benzene rings is 1. The molecule has 1 saturated carbocycles. The summed E-state index contributed by atoms with van der Waals surface area (Å²) in [6, 6.07) is 10.7. The van der Waals surface area contributed by atoms with Crippen molar-refractivity contribution in [3.05, 3.63) is 35.9 Å². The number of hydrogen-bond donors (Lipinski definition) is 1. The Morgan fingerprint density at radius 2 is 1.67 bits per heavy atom. The normalized spacial score (nSPS) is 27.6. The van der Waals surface area contributed by atoms with Gasteiger partial charge >= 0.3 is 0 Å². The monoisotopic (exact) mass is 333 g/mol. The molecule has 0 bridgehead atoms. The molecule has 24 heavy (non-hydrogen) atoms. The summed E-state index contributed by atoms with van der Waals surface area (Å²) in [7, 11) is 0. The zero-order chi connectivity index (χ0) is 15.4. The molecule has 3 unspecified atom stereocenters. The number of aliphatic hydroxyl groups is 1. The number of amides is 1. The average molecular weight is 334 g/mol. The van der Waals surface area contributed by atoms with Crippen LogP contribution in [0.2, 0.25) is 0 Å². The smallest absolute Gasteiger partial charge is 0.226 e. The fourth-order valence-corrected chi connectivity index (χ4v) is 3.96. The predicted molar refractivity (Wildman–Crippen MR) is 101 cm³/mol. The van der Waals surface area contributed by atoms with Gasteiger partial charge in [0.2, 0.25) is 5.91 Å². The van der Waals surface area contributed by atoms with Crippen molar-refractivity contribution in [3.8, 4) is 0 Å². The highest BCUT2D eigenvalue weighted by molar-refractivity contribution is 5.81. The van der Waals surface area contributed by atoms with Crippen molar-refractivity contribution >= 4 is 5.91 Å². The molecular weight excluding hydrogens is 298 g/mol. The Morgan fingerprint density at radius 3 is 2.42 bits per heavy atom. The van der Waals surface area contributed by atoms with Gasteiger partial charge in [-0.25, -0.2) is 0 Å². The number of carbonyl (C=O) groups is 1. The summed E-state index contributed by atoms with van der Waals surface area (Å²) < 4.78 is 0. The molecule has 1 aliphatic heterocycles. The molecule has 3 heteroatoms. The van der Waals surface area contributed by atoms with Crippen LogP contribution >= 0.6 is 0 Å². The van der Waals surface area contributed by atoms with E-state index < -0.39 is 0 Å². The lowest BCUT2D eigenvalue weighted by molar-refractivity contribution is -0.133. The molecule has 0 radical (unpaired) electrons. The largest absolute Gasteiger partial charge is 0.393 e. The van der Waals surface area contributed by atoms with Crippen LogP contribution in [0, 0.1) is 5.92 Å². The first-order valence-corrected chi connectivity index (χ1v) is 8.76. The van der Waals surface area contributed by atoms with Crippen LogP contribution < -0.4 is 0 Å². The third kappa shape index (κ3) is 5.07. The van der Waals surface area contributed by atoms with Crippen LogP contribution in [-0.2, 0) is 11.2 Å². The first kappa shape index (κ1) is 20.7. The highest BCUT2D eigenvalue weighted by Gasteiger charge is 2.35. The van der Waals surface area contributed by atoms with E-state index >= 15 is 0 Å². The quantitative estimate of drug-likeness (QED) is 0.889. The van der Waals surface area contributed by atoms with Gasteiger partial charge in [0.1, 0.15) is 0 Å². The van der Waals surface area contributed by atoms with Crippen LogP contribution in [0.5, 0.6) is 0 Å². The molecule has 1 aliphatic carbocycles. The molecular formula is C21H35NO2. The molecule has 1 N–H and O–H groups in total. The molecule has 2 fully saturated rings. The highest BCUT2D eigenvalue weighted by atomic mass is 16.3. The zero-order valence-corrected chi connectivity index (χ0v) is 13.3. The van der Waals surface area contributed by atoms with E-state index in [4.69, 9.17) is 0 Å². The van der Waals surface area contributed by atoms with E-state index in [-0.39, 0.29) is 26.9 Å². The Kier molecular flexibility index (Phi) is 8.47. The van der Waals surface area contributed by atoms with Gasteiger partial charge in [-0.2, -0.15) is 0 Å². The Labute approximate surface area is 148 Å². The minimum atomic E-state index is -0.166. The van der Waals surface area contributed by atoms with E-state index in [2.05, 4.69) is 17.0 Å². The Bertz CT molecular complexity index is 488. The molecule has 2 aliphatic rings. The van der Waals surface area contributed by atoms with Gasteiger partial charge in [0.25, 0.3) is 0 Å². The first-order valence-electron chi connectivity index (χ1n) is 8.76. The summed E-state index contributed by atoms with van der Waals surface area (Å²) in [5.41, 5.74) is 1.26. The van der Waals surface area contributed by atoms with Gasteiger partial charge in [0.05, 0.1) is 6.10 Å². The third-order valence-electron chi connectivity index (χ3n) is 5.27. The Morgan fingerprint density at radius 1 is 0.958 bits per heavy atom. The second kappa shape index (κ2) is 9.83. The summed E-state index contributed by atoms with van der Waals surface area (Å²) in [6.07, 6.45) is 7.75. The van der Waals surface area contributed by atoms with Crippen LogP contribution in [0.15, 0.2) is 30.3 Å². The number of hydrogen-bond acceptors (Lipinski definition) is 2. The summed E-state index contributed by atoms with van der Waals surface area (Å²) in [4.78, 5) is 14.9. The molecule has 1 amide bonds. The van der Waals surface area contributed by atoms with E-state index in [9.17, 15) is 9.90 Å². The fraction of sp³-hybridized carbons (Fsp3) is 0.667. The lowest BCUT2D eigenvalue weighted by Crippen LogP contribution is -2.39. The maximum atomic E-state index is 12.8. The van der Waals surface area contributed by atoms with Crippen LogP contribution in [-0.4, -0.2) is 34.6 Å². The number of nitrogens with zero attached hydrogens (tertiary/aromatic N) is 1. The lowest BCUT2D eigenvalue weighted by atomic mass is 9.93. The maximum Gasteiger partial charge on any atom is 0.226 e. The number of aliphatic hydroxyl groups excluding tert-OH is 1. The first-order chi connectivity index (χ1) is 10.7. The number of likely N-dealkylation sites (tertiary alicyclic amines) is 1. The predicted octanol–water partition coefficient (Wildman–Crippen LogP) is 4.43. The summed E-state index contributed by atoms with van der Waals surface area (Å²) >= 11 is 0. The van der Waals surface area contributed by atoms with Crippen LogP contribution in [0.25, 0.3) is 0 Å². The van der Waals surface area contributed by atoms with Gasteiger partial charge in [0, 0.05) is 18.5 Å².